The molecule has 0 spiro atoms. The first kappa shape index (κ1) is 21.8. The molecule has 32 heavy (non-hydrogen) atoms. The van der Waals surface area contributed by atoms with Crippen LogP contribution in [0.1, 0.15) is 5.56 Å². The van der Waals surface area contributed by atoms with Crippen LogP contribution in [0.15, 0.2) is 70.5 Å². The summed E-state index contributed by atoms with van der Waals surface area (Å²) in [6.07, 6.45) is 1.31. The highest BCUT2D eigenvalue weighted by Crippen LogP contribution is 2.37. The molecule has 2 heterocycles. The predicted molar refractivity (Wildman–Crippen MR) is 119 cm³/mol. The zero-order chi connectivity index (χ0) is 23.0. The molecule has 0 atom stereocenters. The number of nitrogens with zero attached hydrogens (tertiary/aromatic N) is 4. The maximum Gasteiger partial charge on any atom is 0.446 e. The maximum atomic E-state index is 13.0. The maximum absolute atomic E-state index is 13.0. The number of fused-ring (bicyclic) bond motifs is 1. The lowest BCUT2D eigenvalue weighted by Crippen LogP contribution is -2.23. The van der Waals surface area contributed by atoms with Crippen molar-refractivity contribution in [2.75, 3.05) is 19.0 Å². The largest absolute Gasteiger partial charge is 0.493 e. The molecule has 10 heteroatoms. The fourth-order valence-electron chi connectivity index (χ4n) is 3.41. The van der Waals surface area contributed by atoms with Gasteiger partial charge in [-0.05, 0) is 53.7 Å². The fraction of sp³-hybridized carbons (Fsp3) is 0.182. The molecule has 0 aliphatic heterocycles. The Hall–Kier alpha value is -3.40. The van der Waals surface area contributed by atoms with Crippen molar-refractivity contribution in [2.24, 2.45) is 0 Å². The molecule has 0 fully saturated rings. The van der Waals surface area contributed by atoms with Crippen molar-refractivity contribution in [1.29, 1.82) is 0 Å². The molecule has 4 rings (SSSR count). The number of thioether (sulfide) groups is 1. The summed E-state index contributed by atoms with van der Waals surface area (Å²) in [4.78, 5) is 19.5. The molecule has 166 valence electrons. The van der Waals surface area contributed by atoms with Crippen molar-refractivity contribution in [3.63, 3.8) is 0 Å². The molecular formula is C22H19F3N4O2S. The molecule has 0 radical (unpaired) electrons. The number of imidazole rings is 1. The van der Waals surface area contributed by atoms with E-state index >= 15 is 0 Å². The standard InChI is InChI=1S/C22H19F3N4O2S/c1-27(2)19-11-14(17-5-3-4-6-18(17)26-19)12-28-13-20(30)29(21(28)31)15-7-9-16(10-8-15)32-22(23,24)25/h3-11,13,30H,12H2,1-2H3. The van der Waals surface area contributed by atoms with Crippen LogP contribution in [0.4, 0.5) is 19.0 Å². The van der Waals surface area contributed by atoms with Gasteiger partial charge in [-0.2, -0.15) is 13.2 Å². The Morgan fingerprint density at radius 3 is 2.44 bits per heavy atom. The van der Waals surface area contributed by atoms with Gasteiger partial charge in [0.1, 0.15) is 5.82 Å². The van der Waals surface area contributed by atoms with Crippen LogP contribution in [0.5, 0.6) is 5.88 Å². The minimum Gasteiger partial charge on any atom is -0.493 e. The van der Waals surface area contributed by atoms with Crippen LogP contribution in [-0.2, 0) is 6.54 Å². The van der Waals surface area contributed by atoms with E-state index in [1.807, 2.05) is 49.3 Å². The number of anilines is 1. The second kappa shape index (κ2) is 8.27. The Balaban J connectivity index is 1.71. The Labute approximate surface area is 185 Å². The van der Waals surface area contributed by atoms with Crippen LogP contribution in [0.3, 0.4) is 0 Å². The van der Waals surface area contributed by atoms with E-state index in [-0.39, 0.29) is 34.8 Å². The van der Waals surface area contributed by atoms with E-state index in [9.17, 15) is 23.1 Å². The van der Waals surface area contributed by atoms with E-state index in [2.05, 4.69) is 4.98 Å². The van der Waals surface area contributed by atoms with Crippen LogP contribution in [-0.4, -0.2) is 38.8 Å². The Morgan fingerprint density at radius 1 is 1.09 bits per heavy atom. The SMILES string of the molecule is CN(C)c1cc(Cn2cc(O)n(-c3ccc(SC(F)(F)F)cc3)c2=O)c2ccccc2n1. The van der Waals surface area contributed by atoms with Crippen LogP contribution >= 0.6 is 11.8 Å². The summed E-state index contributed by atoms with van der Waals surface area (Å²) in [6, 6.07) is 14.7. The molecular weight excluding hydrogens is 441 g/mol. The van der Waals surface area contributed by atoms with E-state index in [0.29, 0.717) is 0 Å². The average molecular weight is 460 g/mol. The molecule has 0 amide bonds. The predicted octanol–water partition coefficient (Wildman–Crippen LogP) is 4.62. The number of hydrogen-bond acceptors (Lipinski definition) is 5. The first-order chi connectivity index (χ1) is 15.1. The first-order valence-corrected chi connectivity index (χ1v) is 10.4. The fourth-order valence-corrected chi connectivity index (χ4v) is 3.95. The Morgan fingerprint density at radius 2 is 1.78 bits per heavy atom. The quantitative estimate of drug-likeness (QED) is 0.441. The van der Waals surface area contributed by atoms with Gasteiger partial charge in [-0.25, -0.2) is 14.3 Å². The molecule has 0 unspecified atom stereocenters. The lowest BCUT2D eigenvalue weighted by molar-refractivity contribution is -0.0328. The summed E-state index contributed by atoms with van der Waals surface area (Å²) < 4.78 is 40.1. The molecule has 0 aliphatic rings. The molecule has 2 aromatic heterocycles. The first-order valence-electron chi connectivity index (χ1n) is 9.56. The van der Waals surface area contributed by atoms with Gasteiger partial charge >= 0.3 is 11.2 Å². The molecule has 4 aromatic rings. The monoisotopic (exact) mass is 460 g/mol. The second-order valence-corrected chi connectivity index (χ2v) is 8.46. The van der Waals surface area contributed by atoms with Gasteiger partial charge in [0.2, 0.25) is 5.88 Å². The van der Waals surface area contributed by atoms with E-state index in [1.54, 1.807) is 0 Å². The van der Waals surface area contributed by atoms with Crippen molar-refractivity contribution in [2.45, 2.75) is 16.9 Å². The summed E-state index contributed by atoms with van der Waals surface area (Å²) in [5, 5.41) is 11.3. The number of benzene rings is 2. The van der Waals surface area contributed by atoms with Crippen molar-refractivity contribution in [3.05, 3.63) is 76.8 Å². The number of halogens is 3. The number of alkyl halides is 3. The van der Waals surface area contributed by atoms with E-state index in [0.717, 1.165) is 26.9 Å². The number of pyridine rings is 1. The Bertz CT molecular complexity index is 1330. The van der Waals surface area contributed by atoms with Gasteiger partial charge in [0.05, 0.1) is 23.9 Å². The summed E-state index contributed by atoms with van der Waals surface area (Å²) in [6.45, 7) is 0.186. The third-order valence-corrected chi connectivity index (χ3v) is 5.59. The number of aromatic hydroxyl groups is 1. The van der Waals surface area contributed by atoms with Crippen LogP contribution in [0, 0.1) is 0 Å². The van der Waals surface area contributed by atoms with Gasteiger partial charge in [-0.1, -0.05) is 18.2 Å². The highest BCUT2D eigenvalue weighted by Gasteiger charge is 2.29. The Kier molecular flexibility index (Phi) is 5.64. The minimum atomic E-state index is -4.40. The van der Waals surface area contributed by atoms with Gasteiger partial charge in [0.15, 0.2) is 0 Å². The summed E-state index contributed by atoms with van der Waals surface area (Å²) >= 11 is -0.240. The van der Waals surface area contributed by atoms with Crippen LogP contribution < -0.4 is 10.6 Å². The van der Waals surface area contributed by atoms with Crippen LogP contribution in [0.25, 0.3) is 16.6 Å². The van der Waals surface area contributed by atoms with Crippen LogP contribution in [0.2, 0.25) is 0 Å². The third-order valence-electron chi connectivity index (χ3n) is 4.85. The van der Waals surface area contributed by atoms with Crippen molar-refractivity contribution >= 4 is 28.5 Å². The third kappa shape index (κ3) is 4.45. The molecule has 6 nitrogen and oxygen atoms in total. The number of para-hydroxylation sites is 1. The van der Waals surface area contributed by atoms with E-state index in [4.69, 9.17) is 0 Å². The molecule has 0 bridgehead atoms. The number of rotatable bonds is 5. The van der Waals surface area contributed by atoms with Gasteiger partial charge in [0, 0.05) is 24.4 Å². The zero-order valence-corrected chi connectivity index (χ0v) is 18.0. The van der Waals surface area contributed by atoms with Crippen molar-refractivity contribution in [1.82, 2.24) is 14.1 Å². The number of aromatic nitrogens is 3. The van der Waals surface area contributed by atoms with E-state index in [1.165, 1.54) is 35.0 Å². The lowest BCUT2D eigenvalue weighted by Gasteiger charge is -2.15. The molecule has 2 aromatic carbocycles. The molecule has 0 aliphatic carbocycles. The van der Waals surface area contributed by atoms with Crippen molar-refractivity contribution < 1.29 is 18.3 Å². The summed E-state index contributed by atoms with van der Waals surface area (Å²) in [7, 11) is 3.74. The summed E-state index contributed by atoms with van der Waals surface area (Å²) in [5.74, 6) is 0.422. The molecule has 0 saturated heterocycles. The van der Waals surface area contributed by atoms with Gasteiger partial charge in [-0.15, -0.1) is 0 Å². The normalized spacial score (nSPS) is 11.8. The second-order valence-electron chi connectivity index (χ2n) is 7.33. The topological polar surface area (TPSA) is 63.3 Å². The van der Waals surface area contributed by atoms with Gasteiger partial charge in [0.25, 0.3) is 0 Å². The zero-order valence-electron chi connectivity index (χ0n) is 17.2. The molecule has 0 saturated carbocycles. The highest BCUT2D eigenvalue weighted by atomic mass is 32.2. The minimum absolute atomic E-state index is 0.00677. The molecule has 1 N–H and O–H groups in total. The average Bonchev–Trinajstić information content (AvgIpc) is 3.00. The van der Waals surface area contributed by atoms with Crippen molar-refractivity contribution in [3.8, 4) is 11.6 Å². The highest BCUT2D eigenvalue weighted by molar-refractivity contribution is 8.00. The summed E-state index contributed by atoms with van der Waals surface area (Å²) in [5.41, 5.74) is -3.02. The van der Waals surface area contributed by atoms with Gasteiger partial charge < -0.3 is 10.0 Å². The van der Waals surface area contributed by atoms with Gasteiger partial charge in [-0.3, -0.25) is 4.57 Å². The lowest BCUT2D eigenvalue weighted by atomic mass is 10.1. The smallest absolute Gasteiger partial charge is 0.446 e. The van der Waals surface area contributed by atoms with E-state index < -0.39 is 11.2 Å². The number of hydrogen-bond donors (Lipinski definition) is 1.